The van der Waals surface area contributed by atoms with Crippen molar-refractivity contribution in [1.29, 1.82) is 0 Å². The van der Waals surface area contributed by atoms with Crippen LogP contribution in [0.1, 0.15) is 22.8 Å². The highest BCUT2D eigenvalue weighted by Gasteiger charge is 2.04. The molecule has 0 saturated carbocycles. The molecule has 1 amide bonds. The molecule has 0 spiro atoms. The Hall–Kier alpha value is -2.59. The minimum Gasteiger partial charge on any atom is -0.496 e. The summed E-state index contributed by atoms with van der Waals surface area (Å²) in [6, 6.07) is 11.9. The Labute approximate surface area is 139 Å². The molecule has 0 saturated heterocycles. The summed E-state index contributed by atoms with van der Waals surface area (Å²) in [6.07, 6.45) is 3.00. The zero-order chi connectivity index (χ0) is 16.8. The van der Waals surface area contributed by atoms with Crippen molar-refractivity contribution in [1.82, 2.24) is 0 Å². The summed E-state index contributed by atoms with van der Waals surface area (Å²) in [5, 5.41) is 3.26. The van der Waals surface area contributed by atoms with Crippen molar-refractivity contribution in [2.45, 2.75) is 6.92 Å². The third kappa shape index (κ3) is 4.69. The van der Waals surface area contributed by atoms with E-state index in [9.17, 15) is 9.59 Å². The van der Waals surface area contributed by atoms with Crippen LogP contribution in [0.25, 0.3) is 6.08 Å². The Bertz CT molecular complexity index is 769. The number of ether oxygens (including phenoxy) is 1. The van der Waals surface area contributed by atoms with E-state index in [2.05, 4.69) is 5.32 Å². The first-order valence-corrected chi connectivity index (χ1v) is 7.31. The van der Waals surface area contributed by atoms with Crippen LogP contribution in [0, 0.1) is 0 Å². The number of carbonyl (C=O) groups is 2. The molecule has 0 bridgehead atoms. The van der Waals surface area contributed by atoms with E-state index in [1.807, 2.05) is 0 Å². The lowest BCUT2D eigenvalue weighted by molar-refractivity contribution is -0.111. The van der Waals surface area contributed by atoms with Crippen molar-refractivity contribution < 1.29 is 14.3 Å². The number of amides is 1. The molecule has 0 aromatic heterocycles. The highest BCUT2D eigenvalue weighted by molar-refractivity contribution is 6.30. The third-order valence-electron chi connectivity index (χ3n) is 3.14. The number of hydrogen-bond acceptors (Lipinski definition) is 3. The summed E-state index contributed by atoms with van der Waals surface area (Å²) in [4.78, 5) is 23.3. The normalized spacial score (nSPS) is 10.6. The number of anilines is 1. The smallest absolute Gasteiger partial charge is 0.248 e. The number of carbonyl (C=O) groups excluding carboxylic acids is 2. The molecule has 23 heavy (non-hydrogen) atoms. The molecule has 0 radical (unpaired) electrons. The number of methoxy groups -OCH3 is 1. The molecule has 118 valence electrons. The van der Waals surface area contributed by atoms with Crippen molar-refractivity contribution >= 4 is 35.1 Å². The number of Topliss-reactive ketones (excluding diaryl/α,β-unsaturated/α-hetero) is 1. The standard InChI is InChI=1S/C18H16ClNO3/c1-12(21)13-4-3-5-16(11-13)20-18(22)9-6-14-10-15(19)7-8-17(14)23-2/h3-11H,1-2H3,(H,20,22)/b9-6+. The van der Waals surface area contributed by atoms with Gasteiger partial charge in [-0.2, -0.15) is 0 Å². The van der Waals surface area contributed by atoms with Crippen LogP contribution in [0.15, 0.2) is 48.5 Å². The summed E-state index contributed by atoms with van der Waals surface area (Å²) in [5.41, 5.74) is 1.81. The maximum atomic E-state index is 12.0. The van der Waals surface area contributed by atoms with E-state index >= 15 is 0 Å². The molecule has 0 unspecified atom stereocenters. The maximum Gasteiger partial charge on any atom is 0.248 e. The summed E-state index contributed by atoms with van der Waals surface area (Å²) in [6.45, 7) is 1.48. The fourth-order valence-electron chi connectivity index (χ4n) is 2.00. The zero-order valence-corrected chi connectivity index (χ0v) is 13.6. The van der Waals surface area contributed by atoms with Gasteiger partial charge in [-0.25, -0.2) is 0 Å². The van der Waals surface area contributed by atoms with Gasteiger partial charge in [0.05, 0.1) is 7.11 Å². The summed E-state index contributed by atoms with van der Waals surface area (Å²) in [7, 11) is 1.55. The summed E-state index contributed by atoms with van der Waals surface area (Å²) >= 11 is 5.94. The van der Waals surface area contributed by atoms with E-state index in [1.165, 1.54) is 13.0 Å². The second kappa shape index (κ2) is 7.61. The Kier molecular flexibility index (Phi) is 5.55. The molecule has 2 aromatic carbocycles. The predicted molar refractivity (Wildman–Crippen MR) is 92.1 cm³/mol. The number of ketones is 1. The summed E-state index contributed by atoms with van der Waals surface area (Å²) in [5.74, 6) is 0.255. The van der Waals surface area contributed by atoms with Crippen molar-refractivity contribution in [2.75, 3.05) is 12.4 Å². The van der Waals surface area contributed by atoms with Gasteiger partial charge in [-0.05, 0) is 43.3 Å². The molecule has 0 heterocycles. The van der Waals surface area contributed by atoms with Crippen LogP contribution in [0.4, 0.5) is 5.69 Å². The van der Waals surface area contributed by atoms with Crippen LogP contribution < -0.4 is 10.1 Å². The summed E-state index contributed by atoms with van der Waals surface area (Å²) < 4.78 is 5.21. The highest BCUT2D eigenvalue weighted by Crippen LogP contribution is 2.23. The lowest BCUT2D eigenvalue weighted by atomic mass is 10.1. The minimum absolute atomic E-state index is 0.0553. The molecule has 0 aliphatic carbocycles. The molecule has 5 heteroatoms. The first-order chi connectivity index (χ1) is 11.0. The average molecular weight is 330 g/mol. The molecule has 0 atom stereocenters. The van der Waals surface area contributed by atoms with E-state index in [-0.39, 0.29) is 11.7 Å². The highest BCUT2D eigenvalue weighted by atomic mass is 35.5. The molecule has 4 nitrogen and oxygen atoms in total. The topological polar surface area (TPSA) is 55.4 Å². The van der Waals surface area contributed by atoms with Gasteiger partial charge in [0.25, 0.3) is 0 Å². The monoisotopic (exact) mass is 329 g/mol. The van der Waals surface area contributed by atoms with Gasteiger partial charge in [-0.1, -0.05) is 23.7 Å². The fraction of sp³-hybridized carbons (Fsp3) is 0.111. The van der Waals surface area contributed by atoms with E-state index in [1.54, 1.807) is 55.7 Å². The molecular weight excluding hydrogens is 314 g/mol. The third-order valence-corrected chi connectivity index (χ3v) is 3.38. The molecule has 2 rings (SSSR count). The zero-order valence-electron chi connectivity index (χ0n) is 12.8. The Morgan fingerprint density at radius 2 is 1.96 bits per heavy atom. The number of hydrogen-bond donors (Lipinski definition) is 1. The lowest BCUT2D eigenvalue weighted by Gasteiger charge is -2.06. The van der Waals surface area contributed by atoms with Crippen LogP contribution in [-0.4, -0.2) is 18.8 Å². The lowest BCUT2D eigenvalue weighted by Crippen LogP contribution is -2.08. The largest absolute Gasteiger partial charge is 0.496 e. The predicted octanol–water partition coefficient (Wildman–Crippen LogP) is 4.20. The van der Waals surface area contributed by atoms with Crippen molar-refractivity contribution in [3.8, 4) is 5.75 Å². The number of nitrogens with one attached hydrogen (secondary N) is 1. The quantitative estimate of drug-likeness (QED) is 0.660. The number of halogens is 1. The Balaban J connectivity index is 2.12. The molecule has 0 aliphatic heterocycles. The van der Waals surface area contributed by atoms with Gasteiger partial charge in [-0.3, -0.25) is 9.59 Å². The number of benzene rings is 2. The average Bonchev–Trinajstić information content (AvgIpc) is 2.53. The van der Waals surface area contributed by atoms with Gasteiger partial charge >= 0.3 is 0 Å². The second-order valence-electron chi connectivity index (χ2n) is 4.85. The first-order valence-electron chi connectivity index (χ1n) is 6.93. The minimum atomic E-state index is -0.312. The fourth-order valence-corrected chi connectivity index (χ4v) is 2.18. The van der Waals surface area contributed by atoms with Gasteiger partial charge in [0.15, 0.2) is 5.78 Å². The van der Waals surface area contributed by atoms with Gasteiger partial charge < -0.3 is 10.1 Å². The van der Waals surface area contributed by atoms with E-state index in [0.29, 0.717) is 27.6 Å². The Morgan fingerprint density at radius 3 is 2.65 bits per heavy atom. The van der Waals surface area contributed by atoms with Crippen LogP contribution in [-0.2, 0) is 4.79 Å². The molecule has 1 N–H and O–H groups in total. The van der Waals surface area contributed by atoms with Gasteiger partial charge in [0.2, 0.25) is 5.91 Å². The van der Waals surface area contributed by atoms with Gasteiger partial charge in [-0.15, -0.1) is 0 Å². The van der Waals surface area contributed by atoms with Gasteiger partial charge in [0.1, 0.15) is 5.75 Å². The molecular formula is C18H16ClNO3. The molecule has 0 fully saturated rings. The molecule has 2 aromatic rings. The van der Waals surface area contributed by atoms with E-state index in [4.69, 9.17) is 16.3 Å². The van der Waals surface area contributed by atoms with Crippen molar-refractivity contribution in [2.24, 2.45) is 0 Å². The van der Waals surface area contributed by atoms with Crippen LogP contribution in [0.2, 0.25) is 5.02 Å². The van der Waals surface area contributed by atoms with Gasteiger partial charge in [0, 0.05) is 27.9 Å². The van der Waals surface area contributed by atoms with Crippen LogP contribution in [0.3, 0.4) is 0 Å². The van der Waals surface area contributed by atoms with E-state index in [0.717, 1.165) is 0 Å². The molecule has 0 aliphatic rings. The van der Waals surface area contributed by atoms with Crippen molar-refractivity contribution in [3.63, 3.8) is 0 Å². The van der Waals surface area contributed by atoms with Crippen molar-refractivity contribution in [3.05, 3.63) is 64.7 Å². The van der Waals surface area contributed by atoms with E-state index < -0.39 is 0 Å². The Morgan fingerprint density at radius 1 is 1.17 bits per heavy atom. The maximum absolute atomic E-state index is 12.0. The van der Waals surface area contributed by atoms with Crippen LogP contribution >= 0.6 is 11.6 Å². The van der Waals surface area contributed by atoms with Crippen LogP contribution in [0.5, 0.6) is 5.75 Å². The SMILES string of the molecule is COc1ccc(Cl)cc1/C=C/C(=O)Nc1cccc(C(C)=O)c1. The first kappa shape index (κ1) is 16.8. The number of rotatable bonds is 5. The second-order valence-corrected chi connectivity index (χ2v) is 5.28.